The fourth-order valence-electron chi connectivity index (χ4n) is 2.66. The van der Waals surface area contributed by atoms with Gasteiger partial charge in [-0.15, -0.1) is 0 Å². The van der Waals surface area contributed by atoms with Crippen LogP contribution in [0.25, 0.3) is 0 Å². The van der Waals surface area contributed by atoms with Crippen LogP contribution < -0.4 is 0 Å². The molecule has 1 heterocycles. The molecular weight excluding hydrogens is 215 g/mol. The average Bonchev–Trinajstić information content (AvgIpc) is 2.58. The summed E-state index contributed by atoms with van der Waals surface area (Å²) in [6, 6.07) is 5.11. The number of hydrogen-bond donors (Lipinski definition) is 1. The number of hydrogen-bond acceptors (Lipinski definition) is 1. The van der Waals surface area contributed by atoms with E-state index in [4.69, 9.17) is 5.41 Å². The third-order valence-corrected chi connectivity index (χ3v) is 3.54. The Balaban J connectivity index is 2.31. The minimum Gasteiger partial charge on any atom is -0.349 e. The van der Waals surface area contributed by atoms with Gasteiger partial charge in [-0.25, -0.2) is 4.39 Å². The molecule has 1 aliphatic rings. The monoisotopic (exact) mass is 234 g/mol. The van der Waals surface area contributed by atoms with Gasteiger partial charge in [0.2, 0.25) is 0 Å². The molecule has 0 spiro atoms. The number of nitrogens with one attached hydrogen (secondary N) is 1. The van der Waals surface area contributed by atoms with E-state index >= 15 is 0 Å². The van der Waals surface area contributed by atoms with E-state index in [2.05, 4.69) is 25.7 Å². The quantitative estimate of drug-likeness (QED) is 0.852. The molecule has 2 nitrogen and oxygen atoms in total. The highest BCUT2D eigenvalue weighted by Gasteiger charge is 2.30. The van der Waals surface area contributed by atoms with Crippen molar-refractivity contribution in [3.8, 4) is 0 Å². The second-order valence-corrected chi connectivity index (χ2v) is 5.00. The lowest BCUT2D eigenvalue weighted by atomic mass is 10.0. The topological polar surface area (TPSA) is 27.1 Å². The summed E-state index contributed by atoms with van der Waals surface area (Å²) in [6.45, 7) is 7.22. The maximum atomic E-state index is 13.2. The molecule has 1 unspecified atom stereocenters. The zero-order chi connectivity index (χ0) is 12.6. The number of nitrogens with zero attached hydrogens (tertiary/aromatic N) is 1. The molecule has 2 rings (SSSR count). The predicted octanol–water partition coefficient (Wildman–Crippen LogP) is 3.40. The van der Waals surface area contributed by atoms with Crippen LogP contribution in [-0.4, -0.2) is 16.8 Å². The third-order valence-electron chi connectivity index (χ3n) is 3.54. The van der Waals surface area contributed by atoms with Crippen LogP contribution in [0.4, 0.5) is 4.39 Å². The summed E-state index contributed by atoms with van der Waals surface area (Å²) in [4.78, 5) is 2.09. The van der Waals surface area contributed by atoms with Gasteiger partial charge in [-0.05, 0) is 30.0 Å². The van der Waals surface area contributed by atoms with E-state index in [-0.39, 0.29) is 5.82 Å². The van der Waals surface area contributed by atoms with E-state index in [0.717, 1.165) is 24.1 Å². The third kappa shape index (κ3) is 2.06. The van der Waals surface area contributed by atoms with Crippen LogP contribution in [-0.2, 0) is 6.54 Å². The Labute approximate surface area is 102 Å². The number of benzene rings is 1. The van der Waals surface area contributed by atoms with Crippen molar-refractivity contribution in [2.75, 3.05) is 0 Å². The Hall–Kier alpha value is -1.38. The van der Waals surface area contributed by atoms with Gasteiger partial charge in [0, 0.05) is 18.2 Å². The lowest BCUT2D eigenvalue weighted by molar-refractivity contribution is 0.241. The van der Waals surface area contributed by atoms with Crippen molar-refractivity contribution in [1.29, 1.82) is 5.41 Å². The van der Waals surface area contributed by atoms with Crippen LogP contribution in [0.15, 0.2) is 18.2 Å². The Kier molecular flexibility index (Phi) is 3.18. The summed E-state index contributed by atoms with van der Waals surface area (Å²) in [6.07, 6.45) is 1.01. The Morgan fingerprint density at radius 2 is 2.12 bits per heavy atom. The van der Waals surface area contributed by atoms with Gasteiger partial charge in [0.05, 0.1) is 0 Å². The molecule has 0 aliphatic carbocycles. The second kappa shape index (κ2) is 4.47. The van der Waals surface area contributed by atoms with Crippen molar-refractivity contribution in [3.63, 3.8) is 0 Å². The first kappa shape index (κ1) is 12.1. The minimum atomic E-state index is -0.257. The molecule has 1 N–H and O–H groups in total. The van der Waals surface area contributed by atoms with E-state index in [1.54, 1.807) is 6.07 Å². The first-order chi connectivity index (χ1) is 8.04. The number of rotatable bonds is 3. The fourth-order valence-corrected chi connectivity index (χ4v) is 2.66. The molecule has 92 valence electrons. The first-order valence-corrected chi connectivity index (χ1v) is 6.18. The van der Waals surface area contributed by atoms with Crippen LogP contribution in [0.3, 0.4) is 0 Å². The molecule has 0 fully saturated rings. The van der Waals surface area contributed by atoms with Gasteiger partial charge in [0.15, 0.2) is 0 Å². The largest absolute Gasteiger partial charge is 0.349 e. The Bertz CT molecular complexity index is 440. The highest BCUT2D eigenvalue weighted by Crippen LogP contribution is 2.28. The standard InChI is InChI=1S/C14H19FN2/c1-4-13(9(2)3)17-8-10-5-6-11(15)7-12(10)14(17)16/h5-7,9,13,16H,4,8H2,1-3H3. The lowest BCUT2D eigenvalue weighted by Crippen LogP contribution is -2.38. The van der Waals surface area contributed by atoms with E-state index in [1.165, 1.54) is 12.1 Å². The zero-order valence-corrected chi connectivity index (χ0v) is 10.6. The van der Waals surface area contributed by atoms with Crippen LogP contribution in [0.5, 0.6) is 0 Å². The summed E-state index contributed by atoms with van der Waals surface area (Å²) in [5.74, 6) is 0.715. The minimum absolute atomic E-state index is 0.257. The molecule has 1 aromatic rings. The zero-order valence-electron chi connectivity index (χ0n) is 10.6. The SMILES string of the molecule is CCC(C(C)C)N1Cc2ccc(F)cc2C1=N. The van der Waals surface area contributed by atoms with E-state index in [9.17, 15) is 4.39 Å². The molecule has 1 atom stereocenters. The molecule has 17 heavy (non-hydrogen) atoms. The van der Waals surface area contributed by atoms with Crippen LogP contribution in [0.1, 0.15) is 38.3 Å². The van der Waals surface area contributed by atoms with Gasteiger partial charge in [-0.1, -0.05) is 26.8 Å². The van der Waals surface area contributed by atoms with Crippen LogP contribution in [0, 0.1) is 17.1 Å². The maximum absolute atomic E-state index is 13.2. The van der Waals surface area contributed by atoms with Gasteiger partial charge in [0.25, 0.3) is 0 Å². The summed E-state index contributed by atoms with van der Waals surface area (Å²) in [7, 11) is 0. The molecule has 3 heteroatoms. The van der Waals surface area contributed by atoms with Crippen molar-refractivity contribution in [2.45, 2.75) is 39.8 Å². The smallest absolute Gasteiger partial charge is 0.129 e. The summed E-state index contributed by atoms with van der Waals surface area (Å²) < 4.78 is 13.2. The highest BCUT2D eigenvalue weighted by atomic mass is 19.1. The summed E-state index contributed by atoms with van der Waals surface area (Å²) >= 11 is 0. The molecule has 1 aliphatic heterocycles. The molecule has 0 radical (unpaired) electrons. The summed E-state index contributed by atoms with van der Waals surface area (Å²) in [5.41, 5.74) is 1.82. The van der Waals surface area contributed by atoms with Crippen molar-refractivity contribution in [2.24, 2.45) is 5.92 Å². The maximum Gasteiger partial charge on any atom is 0.129 e. The molecule has 0 aromatic heterocycles. The first-order valence-electron chi connectivity index (χ1n) is 6.18. The number of halogens is 1. The van der Waals surface area contributed by atoms with Crippen molar-refractivity contribution >= 4 is 5.84 Å². The second-order valence-electron chi connectivity index (χ2n) is 5.00. The lowest BCUT2D eigenvalue weighted by Gasteiger charge is -2.31. The van der Waals surface area contributed by atoms with Crippen molar-refractivity contribution in [3.05, 3.63) is 35.1 Å². The van der Waals surface area contributed by atoms with E-state index in [1.807, 2.05) is 0 Å². The molecule has 0 amide bonds. The van der Waals surface area contributed by atoms with Crippen LogP contribution in [0.2, 0.25) is 0 Å². The molecule has 1 aromatic carbocycles. The number of amidine groups is 1. The van der Waals surface area contributed by atoms with Gasteiger partial charge in [-0.2, -0.15) is 0 Å². The van der Waals surface area contributed by atoms with E-state index < -0.39 is 0 Å². The molecule has 0 saturated carbocycles. The van der Waals surface area contributed by atoms with Gasteiger partial charge >= 0.3 is 0 Å². The molecular formula is C14H19FN2. The van der Waals surface area contributed by atoms with E-state index in [0.29, 0.717) is 17.8 Å². The highest BCUT2D eigenvalue weighted by molar-refractivity contribution is 6.00. The molecule has 0 bridgehead atoms. The average molecular weight is 234 g/mol. The Morgan fingerprint density at radius 3 is 2.71 bits per heavy atom. The van der Waals surface area contributed by atoms with Crippen molar-refractivity contribution in [1.82, 2.24) is 4.90 Å². The number of fused-ring (bicyclic) bond motifs is 1. The van der Waals surface area contributed by atoms with Crippen LogP contribution >= 0.6 is 0 Å². The van der Waals surface area contributed by atoms with Gasteiger partial charge in [-0.3, -0.25) is 5.41 Å². The normalized spacial score (nSPS) is 16.5. The molecule has 0 saturated heterocycles. The predicted molar refractivity (Wildman–Crippen MR) is 67.7 cm³/mol. The van der Waals surface area contributed by atoms with Gasteiger partial charge < -0.3 is 4.90 Å². The Morgan fingerprint density at radius 1 is 1.41 bits per heavy atom. The summed E-state index contributed by atoms with van der Waals surface area (Å²) in [5, 5.41) is 8.17. The fraction of sp³-hybridized carbons (Fsp3) is 0.500. The van der Waals surface area contributed by atoms with Crippen molar-refractivity contribution < 1.29 is 4.39 Å². The van der Waals surface area contributed by atoms with Gasteiger partial charge in [0.1, 0.15) is 11.7 Å².